The van der Waals surface area contributed by atoms with Crippen molar-refractivity contribution >= 4 is 17.3 Å². The van der Waals surface area contributed by atoms with Gasteiger partial charge in [0.25, 0.3) is 5.91 Å². The van der Waals surface area contributed by atoms with Gasteiger partial charge in [0.2, 0.25) is 0 Å². The van der Waals surface area contributed by atoms with Gasteiger partial charge in [-0.05, 0) is 53.6 Å². The molecule has 0 bridgehead atoms. The zero-order valence-corrected chi connectivity index (χ0v) is 13.9. The zero-order valence-electron chi connectivity index (χ0n) is 13.9. The Morgan fingerprint density at radius 1 is 1.04 bits per heavy atom. The van der Waals surface area contributed by atoms with Crippen molar-refractivity contribution in [3.8, 4) is 11.1 Å². The summed E-state index contributed by atoms with van der Waals surface area (Å²) in [6.45, 7) is -0.523. The van der Waals surface area contributed by atoms with Crippen LogP contribution in [0.25, 0.3) is 11.1 Å². The van der Waals surface area contributed by atoms with Crippen molar-refractivity contribution in [2.75, 3.05) is 17.3 Å². The molecule has 0 atom stereocenters. The number of hydrogen-bond acceptors (Lipinski definition) is 3. The number of hydrogen-bond donors (Lipinski definition) is 2. The van der Waals surface area contributed by atoms with Crippen LogP contribution in [0.1, 0.15) is 5.56 Å². The van der Waals surface area contributed by atoms with Gasteiger partial charge < -0.3 is 10.6 Å². The van der Waals surface area contributed by atoms with Crippen molar-refractivity contribution in [2.24, 2.45) is 0 Å². The molecular formula is C20H17F2N3O. The first kappa shape index (κ1) is 17.5. The third kappa shape index (κ3) is 4.42. The second kappa shape index (κ2) is 8.20. The lowest BCUT2D eigenvalue weighted by Crippen LogP contribution is -2.13. The number of amides is 1. The van der Waals surface area contributed by atoms with Crippen LogP contribution in [0.5, 0.6) is 0 Å². The first-order valence-electron chi connectivity index (χ1n) is 8.04. The van der Waals surface area contributed by atoms with E-state index in [1.807, 2.05) is 30.3 Å². The maximum Gasteiger partial charge on any atom is 0.255 e. The molecule has 3 rings (SSSR count). The highest BCUT2D eigenvalue weighted by Gasteiger charge is 2.10. The number of alkyl halides is 1. The van der Waals surface area contributed by atoms with E-state index < -0.39 is 18.4 Å². The summed E-state index contributed by atoms with van der Waals surface area (Å²) in [4.78, 5) is 15.4. The highest BCUT2D eigenvalue weighted by atomic mass is 19.1. The average Bonchev–Trinajstić information content (AvgIpc) is 2.68. The first-order valence-corrected chi connectivity index (χ1v) is 8.04. The molecule has 26 heavy (non-hydrogen) atoms. The van der Waals surface area contributed by atoms with Gasteiger partial charge in [-0.15, -0.1) is 0 Å². The summed E-state index contributed by atoms with van der Waals surface area (Å²) >= 11 is 0. The van der Waals surface area contributed by atoms with Crippen molar-refractivity contribution in [3.05, 3.63) is 78.4 Å². The fourth-order valence-corrected chi connectivity index (χ4v) is 2.55. The normalized spacial score (nSPS) is 10.4. The summed E-state index contributed by atoms with van der Waals surface area (Å²) in [6, 6.07) is 15.2. The third-order valence-corrected chi connectivity index (χ3v) is 3.80. The quantitative estimate of drug-likeness (QED) is 0.690. The maximum atomic E-state index is 13.7. The number of rotatable bonds is 6. The van der Waals surface area contributed by atoms with Gasteiger partial charge in [-0.3, -0.25) is 9.78 Å². The van der Waals surface area contributed by atoms with Crippen LogP contribution >= 0.6 is 0 Å². The molecule has 6 heteroatoms. The van der Waals surface area contributed by atoms with Gasteiger partial charge in [0, 0.05) is 35.9 Å². The summed E-state index contributed by atoms with van der Waals surface area (Å²) in [6.07, 6.45) is 3.44. The van der Waals surface area contributed by atoms with E-state index in [9.17, 15) is 13.6 Å². The molecule has 3 aromatic rings. The minimum atomic E-state index is -1.13. The van der Waals surface area contributed by atoms with Crippen molar-refractivity contribution in [2.45, 2.75) is 6.54 Å². The fourth-order valence-electron chi connectivity index (χ4n) is 2.55. The molecule has 1 amide bonds. The lowest BCUT2D eigenvalue weighted by atomic mass is 10.0. The molecule has 1 aromatic heterocycles. The summed E-state index contributed by atoms with van der Waals surface area (Å²) in [5.41, 5.74) is 3.47. The van der Waals surface area contributed by atoms with E-state index in [0.29, 0.717) is 23.4 Å². The number of carbonyl (C=O) groups excluding carboxylic acids is 1. The Bertz CT molecular complexity index is 901. The molecule has 0 aliphatic carbocycles. The molecule has 0 fully saturated rings. The number of pyridine rings is 1. The van der Waals surface area contributed by atoms with Crippen LogP contribution < -0.4 is 10.6 Å². The van der Waals surface area contributed by atoms with Gasteiger partial charge in [-0.2, -0.15) is 0 Å². The Morgan fingerprint density at radius 2 is 1.85 bits per heavy atom. The van der Waals surface area contributed by atoms with E-state index in [1.54, 1.807) is 18.5 Å². The van der Waals surface area contributed by atoms with Gasteiger partial charge >= 0.3 is 0 Å². The van der Waals surface area contributed by atoms with Crippen LogP contribution in [-0.4, -0.2) is 17.6 Å². The number of halogens is 2. The SMILES string of the molecule is O=C(CF)Nc1ccc(F)cc1-c1cccc(NCc2ccncc2)c1. The third-order valence-electron chi connectivity index (χ3n) is 3.80. The van der Waals surface area contributed by atoms with Gasteiger partial charge in [0.1, 0.15) is 5.82 Å². The van der Waals surface area contributed by atoms with Crippen LogP contribution in [0.3, 0.4) is 0 Å². The first-order chi connectivity index (χ1) is 12.7. The summed E-state index contributed by atoms with van der Waals surface area (Å²) < 4.78 is 26.2. The average molecular weight is 353 g/mol. The molecule has 0 spiro atoms. The molecule has 4 nitrogen and oxygen atoms in total. The number of nitrogens with zero attached hydrogens (tertiary/aromatic N) is 1. The maximum absolute atomic E-state index is 13.7. The number of anilines is 2. The minimum absolute atomic E-state index is 0.361. The smallest absolute Gasteiger partial charge is 0.255 e. The largest absolute Gasteiger partial charge is 0.381 e. The molecule has 0 radical (unpaired) electrons. The number of benzene rings is 2. The molecule has 2 aromatic carbocycles. The molecule has 0 aliphatic rings. The highest BCUT2D eigenvalue weighted by Crippen LogP contribution is 2.30. The summed E-state index contributed by atoms with van der Waals surface area (Å²) in [5, 5.41) is 5.74. The summed E-state index contributed by atoms with van der Waals surface area (Å²) in [5.74, 6) is -1.21. The van der Waals surface area contributed by atoms with Gasteiger partial charge in [-0.25, -0.2) is 8.78 Å². The monoisotopic (exact) mass is 353 g/mol. The molecule has 2 N–H and O–H groups in total. The van der Waals surface area contributed by atoms with E-state index in [4.69, 9.17) is 0 Å². The Kier molecular flexibility index (Phi) is 5.53. The Labute approximate surface area is 149 Å². The van der Waals surface area contributed by atoms with Crippen LogP contribution in [-0.2, 0) is 11.3 Å². The van der Waals surface area contributed by atoms with Gasteiger partial charge in [0.15, 0.2) is 6.67 Å². The predicted octanol–water partition coefficient (Wildman–Crippen LogP) is 4.41. The topological polar surface area (TPSA) is 54.0 Å². The lowest BCUT2D eigenvalue weighted by molar-refractivity contribution is -0.117. The van der Waals surface area contributed by atoms with Crippen molar-refractivity contribution in [1.29, 1.82) is 0 Å². The second-order valence-electron chi connectivity index (χ2n) is 5.66. The van der Waals surface area contributed by atoms with E-state index in [-0.39, 0.29) is 0 Å². The standard InChI is InChI=1S/C20H17F2N3O/c21-12-20(26)25-19-5-4-16(22)11-18(19)15-2-1-3-17(10-15)24-13-14-6-8-23-9-7-14/h1-11,24H,12-13H2,(H,25,26). The molecule has 1 heterocycles. The molecule has 0 aliphatic heterocycles. The molecule has 132 valence electrons. The van der Waals surface area contributed by atoms with Crippen molar-refractivity contribution in [1.82, 2.24) is 4.98 Å². The van der Waals surface area contributed by atoms with E-state index in [0.717, 1.165) is 11.3 Å². The zero-order chi connectivity index (χ0) is 18.4. The predicted molar refractivity (Wildman–Crippen MR) is 98.0 cm³/mol. The number of carbonyl (C=O) groups is 1. The van der Waals surface area contributed by atoms with E-state index in [2.05, 4.69) is 15.6 Å². The molecule has 0 saturated heterocycles. The Balaban J connectivity index is 1.85. The highest BCUT2D eigenvalue weighted by molar-refractivity contribution is 5.96. The molecular weight excluding hydrogens is 336 g/mol. The van der Waals surface area contributed by atoms with Crippen LogP contribution in [0.15, 0.2) is 67.0 Å². The fraction of sp³-hybridized carbons (Fsp3) is 0.100. The van der Waals surface area contributed by atoms with E-state index in [1.165, 1.54) is 18.2 Å². The van der Waals surface area contributed by atoms with E-state index >= 15 is 0 Å². The van der Waals surface area contributed by atoms with Crippen LogP contribution in [0, 0.1) is 5.82 Å². The minimum Gasteiger partial charge on any atom is -0.381 e. The van der Waals surface area contributed by atoms with Gasteiger partial charge in [-0.1, -0.05) is 12.1 Å². The number of aromatic nitrogens is 1. The van der Waals surface area contributed by atoms with Crippen LogP contribution in [0.4, 0.5) is 20.2 Å². The van der Waals surface area contributed by atoms with Crippen molar-refractivity contribution in [3.63, 3.8) is 0 Å². The Hall–Kier alpha value is -3.28. The van der Waals surface area contributed by atoms with Crippen LogP contribution in [0.2, 0.25) is 0 Å². The molecule has 0 unspecified atom stereocenters. The Morgan fingerprint density at radius 3 is 2.62 bits per heavy atom. The lowest BCUT2D eigenvalue weighted by Gasteiger charge is -2.13. The second-order valence-corrected chi connectivity index (χ2v) is 5.66. The van der Waals surface area contributed by atoms with Gasteiger partial charge in [0.05, 0.1) is 0 Å². The number of nitrogens with one attached hydrogen (secondary N) is 2. The summed E-state index contributed by atoms with van der Waals surface area (Å²) in [7, 11) is 0. The molecule has 0 saturated carbocycles. The van der Waals surface area contributed by atoms with Crippen molar-refractivity contribution < 1.29 is 13.6 Å².